The van der Waals surface area contributed by atoms with Gasteiger partial charge in [-0.3, -0.25) is 0 Å². The maximum atomic E-state index is 3.04. The van der Waals surface area contributed by atoms with Gasteiger partial charge in [-0.05, 0) is 0 Å². The minimum Gasteiger partial charge on any atom is -0.358 e. The summed E-state index contributed by atoms with van der Waals surface area (Å²) in [6.45, 7) is 4.00. The molecule has 14 heavy (non-hydrogen) atoms. The van der Waals surface area contributed by atoms with Gasteiger partial charge in [-0.1, -0.05) is 32.0 Å². The molecular weight excluding hydrogens is 207 g/mol. The second-order valence-electron chi connectivity index (χ2n) is 2.27. The fourth-order valence-electron chi connectivity index (χ4n) is 1.07. The molecule has 0 spiro atoms. The van der Waals surface area contributed by atoms with E-state index in [1.54, 1.807) is 0 Å². The van der Waals surface area contributed by atoms with Crippen molar-refractivity contribution in [2.45, 2.75) is 13.8 Å². The van der Waals surface area contributed by atoms with Crippen LogP contribution in [0.3, 0.4) is 0 Å². The Kier molecular flexibility index (Phi) is 9.97. The summed E-state index contributed by atoms with van der Waals surface area (Å²) in [7, 11) is 0. The standard InChI is InChI=1S/C10H7.C2H6.CH3.V/c1-2-6-10-8-4-3-7-9(10)5-1;1-2;;/h1-3,5-8H;1-2H3;1H3;/q-1;;-1;+2. The molecule has 0 heterocycles. The minimum absolute atomic E-state index is 0. The van der Waals surface area contributed by atoms with Gasteiger partial charge in [-0.25, -0.2) is 0 Å². The van der Waals surface area contributed by atoms with E-state index in [-0.39, 0.29) is 26.0 Å². The summed E-state index contributed by atoms with van der Waals surface area (Å²) in [5, 5.41) is 2.53. The quantitative estimate of drug-likeness (QED) is 0.589. The van der Waals surface area contributed by atoms with Gasteiger partial charge >= 0.3 is 18.6 Å². The number of benzene rings is 2. The normalized spacial score (nSPS) is 7.57. The first kappa shape index (κ1) is 15.7. The number of hydrogen-bond acceptors (Lipinski definition) is 0. The fourth-order valence-corrected chi connectivity index (χ4v) is 1.07. The van der Waals surface area contributed by atoms with E-state index < -0.39 is 0 Å². The Hall–Kier alpha value is -0.716. The van der Waals surface area contributed by atoms with Crippen LogP contribution in [0.25, 0.3) is 10.8 Å². The van der Waals surface area contributed by atoms with Crippen LogP contribution in [0.2, 0.25) is 0 Å². The van der Waals surface area contributed by atoms with Gasteiger partial charge in [0.25, 0.3) is 0 Å². The molecule has 0 nitrogen and oxygen atoms in total. The van der Waals surface area contributed by atoms with E-state index >= 15 is 0 Å². The summed E-state index contributed by atoms with van der Waals surface area (Å²) in [5.74, 6) is 0. The van der Waals surface area contributed by atoms with Gasteiger partial charge in [0.05, 0.1) is 0 Å². The number of rotatable bonds is 0. The third kappa shape index (κ3) is 4.00. The fraction of sp³-hybridized carbons (Fsp3) is 0.154. The average Bonchev–Trinajstić information content (AvgIpc) is 2.21. The summed E-state index contributed by atoms with van der Waals surface area (Å²) in [4.78, 5) is 0. The van der Waals surface area contributed by atoms with Crippen molar-refractivity contribution in [3.05, 3.63) is 56.0 Å². The molecule has 0 aliphatic carbocycles. The Balaban J connectivity index is 0. The van der Waals surface area contributed by atoms with E-state index in [0.29, 0.717) is 0 Å². The van der Waals surface area contributed by atoms with Crippen molar-refractivity contribution in [3.63, 3.8) is 0 Å². The van der Waals surface area contributed by atoms with Crippen molar-refractivity contribution in [2.24, 2.45) is 0 Å². The van der Waals surface area contributed by atoms with E-state index in [0.717, 1.165) is 0 Å². The van der Waals surface area contributed by atoms with Gasteiger partial charge in [-0.2, -0.15) is 24.3 Å². The molecule has 0 aromatic heterocycles. The minimum atomic E-state index is 0. The van der Waals surface area contributed by atoms with E-state index in [9.17, 15) is 0 Å². The van der Waals surface area contributed by atoms with Gasteiger partial charge < -0.3 is 7.43 Å². The van der Waals surface area contributed by atoms with Crippen LogP contribution in [-0.2, 0) is 18.6 Å². The Morgan fingerprint density at radius 2 is 1.50 bits per heavy atom. The van der Waals surface area contributed by atoms with Crippen LogP contribution < -0.4 is 0 Å². The zero-order valence-electron chi connectivity index (χ0n) is 8.99. The van der Waals surface area contributed by atoms with Gasteiger partial charge in [0, 0.05) is 0 Å². The molecule has 0 fully saturated rings. The van der Waals surface area contributed by atoms with Crippen LogP contribution in [0.5, 0.6) is 0 Å². The molecule has 0 unspecified atom stereocenters. The molecule has 0 aliphatic heterocycles. The van der Waals surface area contributed by atoms with E-state index in [2.05, 4.69) is 24.3 Å². The van der Waals surface area contributed by atoms with Crippen molar-refractivity contribution >= 4 is 10.8 Å². The van der Waals surface area contributed by atoms with Gasteiger partial charge in [0.2, 0.25) is 0 Å². The molecule has 0 N–H and O–H groups in total. The van der Waals surface area contributed by atoms with E-state index in [1.807, 2.05) is 38.1 Å². The van der Waals surface area contributed by atoms with Crippen molar-refractivity contribution in [1.82, 2.24) is 0 Å². The Bertz CT molecular complexity index is 276. The van der Waals surface area contributed by atoms with Crippen LogP contribution >= 0.6 is 0 Å². The first-order valence-electron chi connectivity index (χ1n) is 4.32. The molecule has 0 bridgehead atoms. The molecule has 0 aliphatic rings. The molecular formula is C13H16V. The van der Waals surface area contributed by atoms with Crippen molar-refractivity contribution < 1.29 is 18.6 Å². The van der Waals surface area contributed by atoms with Crippen LogP contribution in [0.4, 0.5) is 0 Å². The third-order valence-corrected chi connectivity index (χ3v) is 1.59. The summed E-state index contributed by atoms with van der Waals surface area (Å²) < 4.78 is 0. The Morgan fingerprint density at radius 3 is 2.07 bits per heavy atom. The predicted octanol–water partition coefficient (Wildman–Crippen LogP) is 4.11. The molecule has 73 valence electrons. The van der Waals surface area contributed by atoms with Crippen LogP contribution in [0.1, 0.15) is 13.8 Å². The zero-order valence-corrected chi connectivity index (χ0v) is 10.4. The molecule has 2 rings (SSSR count). The zero-order chi connectivity index (χ0) is 8.81. The van der Waals surface area contributed by atoms with Crippen molar-refractivity contribution in [1.29, 1.82) is 0 Å². The largest absolute Gasteiger partial charge is 2.00 e. The summed E-state index contributed by atoms with van der Waals surface area (Å²) >= 11 is 0. The van der Waals surface area contributed by atoms with Crippen LogP contribution in [0.15, 0.2) is 42.5 Å². The monoisotopic (exact) mass is 223 g/mol. The molecule has 2 aromatic carbocycles. The van der Waals surface area contributed by atoms with Crippen molar-refractivity contribution in [2.75, 3.05) is 0 Å². The Labute approximate surface area is 99.2 Å². The molecule has 0 saturated carbocycles. The van der Waals surface area contributed by atoms with E-state index in [1.165, 1.54) is 10.8 Å². The third-order valence-electron chi connectivity index (χ3n) is 1.59. The van der Waals surface area contributed by atoms with Gasteiger partial charge in [0.15, 0.2) is 0 Å². The molecule has 0 saturated heterocycles. The van der Waals surface area contributed by atoms with Crippen LogP contribution in [0, 0.1) is 13.5 Å². The summed E-state index contributed by atoms with van der Waals surface area (Å²) in [6, 6.07) is 17.3. The molecule has 0 atom stereocenters. The summed E-state index contributed by atoms with van der Waals surface area (Å²) in [6.07, 6.45) is 0. The Morgan fingerprint density at radius 1 is 0.929 bits per heavy atom. The van der Waals surface area contributed by atoms with Crippen LogP contribution in [-0.4, -0.2) is 0 Å². The second-order valence-corrected chi connectivity index (χ2v) is 2.27. The van der Waals surface area contributed by atoms with E-state index in [4.69, 9.17) is 0 Å². The maximum Gasteiger partial charge on any atom is 2.00 e. The first-order chi connectivity index (χ1) is 5.97. The number of hydrogen-bond donors (Lipinski definition) is 0. The molecule has 1 heteroatoms. The maximum absolute atomic E-state index is 3.04. The summed E-state index contributed by atoms with van der Waals surface area (Å²) in [5.41, 5.74) is 0. The molecule has 2 aromatic rings. The second kappa shape index (κ2) is 8.86. The number of fused-ring (bicyclic) bond motifs is 1. The average molecular weight is 223 g/mol. The smallest absolute Gasteiger partial charge is 0.358 e. The molecule has 1 radical (unpaired) electrons. The van der Waals surface area contributed by atoms with Gasteiger partial charge in [0.1, 0.15) is 0 Å². The van der Waals surface area contributed by atoms with Gasteiger partial charge in [-0.15, -0.1) is 16.8 Å². The topological polar surface area (TPSA) is 0 Å². The van der Waals surface area contributed by atoms with Crippen molar-refractivity contribution in [3.8, 4) is 0 Å². The molecule has 0 amide bonds. The SMILES string of the molecule is CC.[CH3-].[V+2].[c-]1ccc2ccccc2c1. The predicted molar refractivity (Wildman–Crippen MR) is 60.5 cm³/mol. The first-order valence-corrected chi connectivity index (χ1v) is 4.32.